The molecule has 0 amide bonds. The van der Waals surface area contributed by atoms with E-state index in [-0.39, 0.29) is 0 Å². The normalized spacial score (nSPS) is 17.4. The highest BCUT2D eigenvalue weighted by Gasteiger charge is 2.43. The lowest BCUT2D eigenvalue weighted by Gasteiger charge is -2.18. The Morgan fingerprint density at radius 1 is 1.24 bits per heavy atom. The Morgan fingerprint density at radius 3 is 2.41 bits per heavy atom. The fourth-order valence-corrected chi connectivity index (χ4v) is 2.28. The van der Waals surface area contributed by atoms with Gasteiger partial charge in [0.1, 0.15) is 0 Å². The van der Waals surface area contributed by atoms with Gasteiger partial charge in [-0.2, -0.15) is 0 Å². The largest absolute Gasteiger partial charge is 0.315 e. The Morgan fingerprint density at radius 2 is 1.88 bits per heavy atom. The van der Waals surface area contributed by atoms with Crippen LogP contribution in [0.15, 0.2) is 24.3 Å². The minimum Gasteiger partial charge on any atom is -0.315 e. The minimum atomic E-state index is 0.386. The van der Waals surface area contributed by atoms with Crippen LogP contribution in [0.3, 0.4) is 0 Å². The van der Waals surface area contributed by atoms with Crippen LogP contribution in [0, 0.1) is 0 Å². The lowest BCUT2D eigenvalue weighted by atomic mass is 9.96. The Balaban J connectivity index is 1.85. The molecule has 0 radical (unpaired) electrons. The van der Waals surface area contributed by atoms with Gasteiger partial charge in [0.2, 0.25) is 0 Å². The summed E-state index contributed by atoms with van der Waals surface area (Å²) in [5.41, 5.74) is 1.82. The van der Waals surface area contributed by atoms with E-state index in [1.54, 1.807) is 0 Å². The zero-order valence-corrected chi connectivity index (χ0v) is 11.4. The van der Waals surface area contributed by atoms with Gasteiger partial charge in [-0.15, -0.1) is 0 Å². The maximum absolute atomic E-state index is 5.92. The number of nitrogens with one attached hydrogen (secondary N) is 1. The molecule has 3 heteroatoms. The first-order valence-corrected chi connectivity index (χ1v) is 6.62. The lowest BCUT2D eigenvalue weighted by Crippen LogP contribution is -2.32. The van der Waals surface area contributed by atoms with Gasteiger partial charge in [-0.1, -0.05) is 23.7 Å². The molecule has 1 aliphatic rings. The third kappa shape index (κ3) is 3.44. The van der Waals surface area contributed by atoms with E-state index in [9.17, 15) is 0 Å². The SMILES string of the molecule is CN(C)CCNCC1(c2ccc(Cl)cc2)CC1. The van der Waals surface area contributed by atoms with Crippen LogP contribution in [-0.4, -0.2) is 38.6 Å². The third-order valence-corrected chi connectivity index (χ3v) is 3.76. The number of hydrogen-bond donors (Lipinski definition) is 1. The van der Waals surface area contributed by atoms with Crippen LogP contribution in [0.2, 0.25) is 5.02 Å². The summed E-state index contributed by atoms with van der Waals surface area (Å²) in [7, 11) is 4.21. The summed E-state index contributed by atoms with van der Waals surface area (Å²) in [6.07, 6.45) is 2.59. The van der Waals surface area contributed by atoms with Crippen molar-refractivity contribution in [3.05, 3.63) is 34.9 Å². The molecular formula is C14H21ClN2. The number of rotatable bonds is 6. The molecule has 0 bridgehead atoms. The quantitative estimate of drug-likeness (QED) is 0.783. The van der Waals surface area contributed by atoms with Crippen molar-refractivity contribution in [1.29, 1.82) is 0 Å². The Kier molecular flexibility index (Phi) is 4.08. The molecule has 0 atom stereocenters. The molecule has 0 saturated heterocycles. The van der Waals surface area contributed by atoms with Crippen molar-refractivity contribution < 1.29 is 0 Å². The number of hydrogen-bond acceptors (Lipinski definition) is 2. The van der Waals surface area contributed by atoms with Crippen LogP contribution in [0.25, 0.3) is 0 Å². The van der Waals surface area contributed by atoms with Gasteiger partial charge in [0, 0.05) is 30.1 Å². The molecule has 1 fully saturated rings. The number of likely N-dealkylation sites (N-methyl/N-ethyl adjacent to an activating group) is 1. The first-order valence-electron chi connectivity index (χ1n) is 6.24. The average Bonchev–Trinajstić information content (AvgIpc) is 3.06. The Bertz CT molecular complexity index is 355. The van der Waals surface area contributed by atoms with E-state index in [4.69, 9.17) is 11.6 Å². The maximum atomic E-state index is 5.92. The molecule has 2 nitrogen and oxygen atoms in total. The topological polar surface area (TPSA) is 15.3 Å². The zero-order chi connectivity index (χ0) is 12.3. The van der Waals surface area contributed by atoms with Crippen molar-refractivity contribution >= 4 is 11.6 Å². The van der Waals surface area contributed by atoms with Gasteiger partial charge < -0.3 is 10.2 Å². The predicted octanol–water partition coefficient (Wildman–Crippen LogP) is 2.52. The minimum absolute atomic E-state index is 0.386. The predicted molar refractivity (Wildman–Crippen MR) is 73.8 cm³/mol. The van der Waals surface area contributed by atoms with Crippen LogP contribution in [0.5, 0.6) is 0 Å². The second-order valence-electron chi connectivity index (χ2n) is 5.27. The smallest absolute Gasteiger partial charge is 0.0406 e. The summed E-state index contributed by atoms with van der Waals surface area (Å²) in [4.78, 5) is 2.20. The van der Waals surface area contributed by atoms with Gasteiger partial charge in [-0.05, 0) is 44.6 Å². The highest BCUT2D eigenvalue weighted by molar-refractivity contribution is 6.30. The maximum Gasteiger partial charge on any atom is 0.0406 e. The standard InChI is InChI=1S/C14H21ClN2/c1-17(2)10-9-16-11-14(7-8-14)12-3-5-13(15)6-4-12/h3-6,16H,7-11H2,1-2H3. The second kappa shape index (κ2) is 5.38. The fraction of sp³-hybridized carbons (Fsp3) is 0.571. The lowest BCUT2D eigenvalue weighted by molar-refractivity contribution is 0.395. The molecule has 1 aromatic carbocycles. The van der Waals surface area contributed by atoms with Crippen LogP contribution in [0.4, 0.5) is 0 Å². The van der Waals surface area contributed by atoms with Crippen LogP contribution in [0.1, 0.15) is 18.4 Å². The molecule has 1 N–H and O–H groups in total. The highest BCUT2D eigenvalue weighted by Crippen LogP contribution is 2.47. The highest BCUT2D eigenvalue weighted by atomic mass is 35.5. The van der Waals surface area contributed by atoms with Crippen LogP contribution < -0.4 is 5.32 Å². The van der Waals surface area contributed by atoms with Gasteiger partial charge in [0.25, 0.3) is 0 Å². The molecule has 1 saturated carbocycles. The van der Waals surface area contributed by atoms with Gasteiger partial charge in [-0.3, -0.25) is 0 Å². The van der Waals surface area contributed by atoms with Crippen molar-refractivity contribution in [2.45, 2.75) is 18.3 Å². The van der Waals surface area contributed by atoms with Crippen LogP contribution >= 0.6 is 11.6 Å². The average molecular weight is 253 g/mol. The Hall–Kier alpha value is -0.570. The summed E-state index contributed by atoms with van der Waals surface area (Å²) < 4.78 is 0. The molecule has 0 unspecified atom stereocenters. The van der Waals surface area contributed by atoms with Gasteiger partial charge in [0.05, 0.1) is 0 Å². The van der Waals surface area contributed by atoms with E-state index < -0.39 is 0 Å². The molecular weight excluding hydrogens is 232 g/mol. The summed E-state index contributed by atoms with van der Waals surface area (Å²) in [5.74, 6) is 0. The number of nitrogens with zero attached hydrogens (tertiary/aromatic N) is 1. The molecule has 94 valence electrons. The summed E-state index contributed by atoms with van der Waals surface area (Å²) in [6.45, 7) is 3.24. The summed E-state index contributed by atoms with van der Waals surface area (Å²) in [5, 5.41) is 4.38. The van der Waals surface area contributed by atoms with Crippen molar-refractivity contribution in [2.75, 3.05) is 33.7 Å². The van der Waals surface area contributed by atoms with E-state index in [1.165, 1.54) is 18.4 Å². The molecule has 0 aromatic heterocycles. The third-order valence-electron chi connectivity index (χ3n) is 3.51. The molecule has 0 heterocycles. The summed E-state index contributed by atoms with van der Waals surface area (Å²) >= 11 is 5.92. The van der Waals surface area contributed by atoms with Crippen molar-refractivity contribution in [3.63, 3.8) is 0 Å². The van der Waals surface area contributed by atoms with E-state index in [2.05, 4.69) is 36.4 Å². The van der Waals surface area contributed by atoms with Crippen molar-refractivity contribution in [2.24, 2.45) is 0 Å². The Labute approximate surface area is 109 Å². The second-order valence-corrected chi connectivity index (χ2v) is 5.70. The van der Waals surface area contributed by atoms with E-state index in [1.807, 2.05) is 12.1 Å². The monoisotopic (exact) mass is 252 g/mol. The molecule has 0 spiro atoms. The van der Waals surface area contributed by atoms with Crippen molar-refractivity contribution in [3.8, 4) is 0 Å². The molecule has 0 aliphatic heterocycles. The van der Waals surface area contributed by atoms with E-state index >= 15 is 0 Å². The first-order chi connectivity index (χ1) is 8.12. The molecule has 1 aromatic rings. The number of halogens is 1. The van der Waals surface area contributed by atoms with Gasteiger partial charge >= 0.3 is 0 Å². The first kappa shape index (κ1) is 12.9. The number of benzene rings is 1. The zero-order valence-electron chi connectivity index (χ0n) is 10.7. The summed E-state index contributed by atoms with van der Waals surface area (Å²) in [6, 6.07) is 8.33. The van der Waals surface area contributed by atoms with Crippen molar-refractivity contribution in [1.82, 2.24) is 10.2 Å². The molecule has 1 aliphatic carbocycles. The fourth-order valence-electron chi connectivity index (χ4n) is 2.15. The van der Waals surface area contributed by atoms with Gasteiger partial charge in [0.15, 0.2) is 0 Å². The molecule has 2 rings (SSSR count). The van der Waals surface area contributed by atoms with Gasteiger partial charge in [-0.25, -0.2) is 0 Å². The van der Waals surface area contributed by atoms with Crippen LogP contribution in [-0.2, 0) is 5.41 Å². The molecule has 17 heavy (non-hydrogen) atoms. The van der Waals surface area contributed by atoms with E-state index in [0.717, 1.165) is 24.7 Å². The van der Waals surface area contributed by atoms with E-state index in [0.29, 0.717) is 5.41 Å².